The summed E-state index contributed by atoms with van der Waals surface area (Å²) in [5, 5.41) is 0. The molecular formula is C16H19O5P. The first-order chi connectivity index (χ1) is 10.4. The fraction of sp³-hybridized carbons (Fsp3) is 0.250. The minimum absolute atomic E-state index is 0.360. The van der Waals surface area contributed by atoms with Gasteiger partial charge < -0.3 is 9.05 Å². The van der Waals surface area contributed by atoms with E-state index in [0.29, 0.717) is 11.5 Å². The number of hydrogen-bond donors (Lipinski definition) is 0. The van der Waals surface area contributed by atoms with Gasteiger partial charge in [0.05, 0.1) is 5.60 Å². The fourth-order valence-electron chi connectivity index (χ4n) is 1.43. The highest BCUT2D eigenvalue weighted by Gasteiger charge is 2.34. The highest BCUT2D eigenvalue weighted by Crippen LogP contribution is 2.50. The average molecular weight is 322 g/mol. The summed E-state index contributed by atoms with van der Waals surface area (Å²) in [5.74, 6) is 0.721. The molecule has 0 bridgehead atoms. The van der Waals surface area contributed by atoms with E-state index in [1.54, 1.807) is 69.3 Å². The van der Waals surface area contributed by atoms with Gasteiger partial charge in [0.2, 0.25) is 0 Å². The maximum atomic E-state index is 12.8. The SMILES string of the molecule is CC(C)(C)OOP(=O)(Oc1ccccc1)Oc1ccccc1. The van der Waals surface area contributed by atoms with E-state index >= 15 is 0 Å². The molecule has 0 aromatic heterocycles. The molecule has 0 aliphatic heterocycles. The van der Waals surface area contributed by atoms with Crippen molar-refractivity contribution in [1.29, 1.82) is 0 Å². The van der Waals surface area contributed by atoms with Crippen molar-refractivity contribution in [2.45, 2.75) is 26.4 Å². The highest BCUT2D eigenvalue weighted by atomic mass is 31.2. The van der Waals surface area contributed by atoms with Gasteiger partial charge in [-0.15, -0.1) is 4.67 Å². The molecule has 0 spiro atoms. The molecule has 5 nitrogen and oxygen atoms in total. The number of hydrogen-bond acceptors (Lipinski definition) is 5. The summed E-state index contributed by atoms with van der Waals surface area (Å²) in [5.41, 5.74) is -0.657. The Balaban J connectivity index is 2.17. The Kier molecular flexibility index (Phi) is 5.24. The van der Waals surface area contributed by atoms with Crippen LogP contribution in [0.3, 0.4) is 0 Å². The van der Waals surface area contributed by atoms with Crippen LogP contribution in [0.1, 0.15) is 20.8 Å². The van der Waals surface area contributed by atoms with E-state index in [0.717, 1.165) is 0 Å². The van der Waals surface area contributed by atoms with Crippen LogP contribution in [0.4, 0.5) is 0 Å². The maximum Gasteiger partial charge on any atom is 0.615 e. The predicted octanol–water partition coefficient (Wildman–Crippen LogP) is 5.00. The molecule has 0 amide bonds. The van der Waals surface area contributed by atoms with Gasteiger partial charge in [0, 0.05) is 0 Å². The van der Waals surface area contributed by atoms with Crippen molar-refractivity contribution in [3.05, 3.63) is 60.7 Å². The first-order valence-corrected chi connectivity index (χ1v) is 8.29. The quantitative estimate of drug-likeness (QED) is 0.425. The van der Waals surface area contributed by atoms with E-state index < -0.39 is 13.4 Å². The topological polar surface area (TPSA) is 54.0 Å². The molecular weight excluding hydrogens is 303 g/mol. The third-order valence-corrected chi connectivity index (χ3v) is 3.43. The van der Waals surface area contributed by atoms with Crippen molar-refractivity contribution in [2.75, 3.05) is 0 Å². The first kappa shape index (κ1) is 16.6. The van der Waals surface area contributed by atoms with Crippen LogP contribution in [-0.2, 0) is 14.1 Å². The Morgan fingerprint density at radius 2 is 1.18 bits per heavy atom. The fourth-order valence-corrected chi connectivity index (χ4v) is 2.60. The molecule has 0 N–H and O–H groups in total. The second kappa shape index (κ2) is 6.97. The van der Waals surface area contributed by atoms with E-state index in [1.165, 1.54) is 0 Å². The molecule has 0 aliphatic carbocycles. The third-order valence-electron chi connectivity index (χ3n) is 2.30. The molecule has 6 heteroatoms. The second-order valence-corrected chi connectivity index (χ2v) is 6.93. The molecule has 0 fully saturated rings. The summed E-state index contributed by atoms with van der Waals surface area (Å²) in [6, 6.07) is 17.3. The average Bonchev–Trinajstić information content (AvgIpc) is 2.47. The molecule has 0 atom stereocenters. The number of para-hydroxylation sites is 2. The van der Waals surface area contributed by atoms with E-state index in [1.807, 2.05) is 12.1 Å². The molecule has 118 valence electrons. The Morgan fingerprint density at radius 1 is 0.773 bits per heavy atom. The van der Waals surface area contributed by atoms with Crippen LogP contribution in [0.5, 0.6) is 11.5 Å². The van der Waals surface area contributed by atoms with Crippen molar-refractivity contribution in [2.24, 2.45) is 0 Å². The molecule has 0 radical (unpaired) electrons. The largest absolute Gasteiger partial charge is 0.615 e. The second-order valence-electron chi connectivity index (χ2n) is 5.53. The molecule has 0 heterocycles. The molecule has 2 aromatic carbocycles. The molecule has 0 saturated heterocycles. The van der Waals surface area contributed by atoms with Gasteiger partial charge in [-0.2, -0.15) is 0 Å². The number of phosphoric acid groups is 1. The Morgan fingerprint density at radius 3 is 1.55 bits per heavy atom. The van der Waals surface area contributed by atoms with Crippen LogP contribution < -0.4 is 9.05 Å². The normalized spacial score (nSPS) is 12.0. The van der Waals surface area contributed by atoms with Crippen molar-refractivity contribution >= 4 is 7.82 Å². The summed E-state index contributed by atoms with van der Waals surface area (Å²) >= 11 is 0. The molecule has 0 aliphatic rings. The Labute approximate surface area is 130 Å². The summed E-state index contributed by atoms with van der Waals surface area (Å²) in [6.45, 7) is 5.30. The van der Waals surface area contributed by atoms with Gasteiger partial charge in [-0.25, -0.2) is 9.45 Å². The predicted molar refractivity (Wildman–Crippen MR) is 83.7 cm³/mol. The first-order valence-electron chi connectivity index (χ1n) is 6.83. The molecule has 2 aromatic rings. The van der Waals surface area contributed by atoms with E-state index in [9.17, 15) is 4.57 Å². The van der Waals surface area contributed by atoms with Gasteiger partial charge in [0.25, 0.3) is 0 Å². The zero-order valence-corrected chi connectivity index (χ0v) is 13.7. The smallest absolute Gasteiger partial charge is 0.394 e. The van der Waals surface area contributed by atoms with E-state index in [2.05, 4.69) is 0 Å². The van der Waals surface area contributed by atoms with Gasteiger partial charge in [0.1, 0.15) is 11.5 Å². The van der Waals surface area contributed by atoms with Crippen molar-refractivity contribution < 1.29 is 23.2 Å². The van der Waals surface area contributed by atoms with Crippen LogP contribution in [0.25, 0.3) is 0 Å². The van der Waals surface area contributed by atoms with Crippen LogP contribution in [-0.4, -0.2) is 5.60 Å². The summed E-state index contributed by atoms with van der Waals surface area (Å²) in [6.07, 6.45) is 0. The van der Waals surface area contributed by atoms with Gasteiger partial charge in [-0.1, -0.05) is 36.4 Å². The van der Waals surface area contributed by atoms with Gasteiger partial charge in [-0.05, 0) is 45.0 Å². The molecule has 0 unspecified atom stereocenters. The lowest BCUT2D eigenvalue weighted by atomic mass is 10.2. The van der Waals surface area contributed by atoms with Gasteiger partial charge in [0.15, 0.2) is 0 Å². The third kappa shape index (κ3) is 5.53. The number of rotatable bonds is 6. The van der Waals surface area contributed by atoms with Crippen molar-refractivity contribution in [1.82, 2.24) is 0 Å². The molecule has 22 heavy (non-hydrogen) atoms. The maximum absolute atomic E-state index is 12.8. The van der Waals surface area contributed by atoms with Gasteiger partial charge >= 0.3 is 7.82 Å². The number of phosphoric ester groups is 1. The lowest BCUT2D eigenvalue weighted by Crippen LogP contribution is -2.20. The van der Waals surface area contributed by atoms with Crippen molar-refractivity contribution in [3.8, 4) is 11.5 Å². The molecule has 0 saturated carbocycles. The lowest BCUT2D eigenvalue weighted by molar-refractivity contribution is -0.284. The van der Waals surface area contributed by atoms with E-state index in [-0.39, 0.29) is 0 Å². The van der Waals surface area contributed by atoms with Crippen LogP contribution in [0.2, 0.25) is 0 Å². The van der Waals surface area contributed by atoms with Crippen LogP contribution in [0, 0.1) is 0 Å². The summed E-state index contributed by atoms with van der Waals surface area (Å²) in [7, 11) is -3.98. The minimum atomic E-state index is -3.98. The molecule has 2 rings (SSSR count). The summed E-state index contributed by atoms with van der Waals surface area (Å²) in [4.78, 5) is 5.13. The highest BCUT2D eigenvalue weighted by molar-refractivity contribution is 7.49. The standard InChI is InChI=1S/C16H19O5P/c1-16(2,3)20-21-22(17,18-14-10-6-4-7-11-14)19-15-12-8-5-9-13-15/h4-13H,1-3H3. The van der Waals surface area contributed by atoms with Crippen LogP contribution in [0.15, 0.2) is 60.7 Å². The minimum Gasteiger partial charge on any atom is -0.394 e. The van der Waals surface area contributed by atoms with Gasteiger partial charge in [-0.3, -0.25) is 0 Å². The Bertz CT molecular complexity index is 576. The zero-order valence-electron chi connectivity index (χ0n) is 12.8. The Hall–Kier alpha value is -1.81. The van der Waals surface area contributed by atoms with Crippen LogP contribution >= 0.6 is 7.82 Å². The van der Waals surface area contributed by atoms with Crippen molar-refractivity contribution in [3.63, 3.8) is 0 Å². The zero-order chi connectivity index (χ0) is 16.1. The lowest BCUT2D eigenvalue weighted by Gasteiger charge is -2.22. The monoisotopic (exact) mass is 322 g/mol. The summed E-state index contributed by atoms with van der Waals surface area (Å²) < 4.78 is 28.6. The van der Waals surface area contributed by atoms with E-state index in [4.69, 9.17) is 18.6 Å². The number of benzene rings is 2.